The van der Waals surface area contributed by atoms with Crippen molar-refractivity contribution in [2.24, 2.45) is 7.05 Å². The minimum absolute atomic E-state index is 0.221. The summed E-state index contributed by atoms with van der Waals surface area (Å²) in [4.78, 5) is 12.0. The summed E-state index contributed by atoms with van der Waals surface area (Å²) in [5.74, 6) is 0.767. The summed E-state index contributed by atoms with van der Waals surface area (Å²) < 4.78 is 1.73. The molecule has 8 heteroatoms. The normalized spacial score (nSPS) is 10.7. The van der Waals surface area contributed by atoms with Crippen LogP contribution < -0.4 is 10.6 Å². The molecule has 0 aromatic carbocycles. The molecule has 0 saturated carbocycles. The second kappa shape index (κ2) is 7.35. The van der Waals surface area contributed by atoms with Crippen LogP contribution in [0.15, 0.2) is 0 Å². The molecule has 0 aliphatic carbocycles. The molecule has 120 valence electrons. The molecule has 0 bridgehead atoms. The zero-order chi connectivity index (χ0) is 16.1. The Morgan fingerprint density at radius 3 is 2.64 bits per heavy atom. The fraction of sp³-hybridized carbons (Fsp3) is 0.571. The molecular weight excluding hydrogens is 300 g/mol. The molecule has 2 N–H and O–H groups in total. The molecule has 0 saturated heterocycles. The van der Waals surface area contributed by atoms with E-state index in [0.29, 0.717) is 13.0 Å². The Morgan fingerprint density at radius 1 is 1.27 bits per heavy atom. The first-order chi connectivity index (χ1) is 10.5. The highest BCUT2D eigenvalue weighted by Gasteiger charge is 2.15. The molecule has 2 amide bonds. The zero-order valence-corrected chi connectivity index (χ0v) is 14.3. The van der Waals surface area contributed by atoms with Crippen molar-refractivity contribution in [2.45, 2.75) is 40.0 Å². The first-order valence-electron chi connectivity index (χ1n) is 7.43. The molecule has 0 radical (unpaired) electrons. The van der Waals surface area contributed by atoms with Gasteiger partial charge in [-0.25, -0.2) is 4.79 Å². The van der Waals surface area contributed by atoms with Gasteiger partial charge < -0.3 is 5.32 Å². The van der Waals surface area contributed by atoms with Crippen LogP contribution in [0.1, 0.15) is 35.1 Å². The predicted molar refractivity (Wildman–Crippen MR) is 87.3 cm³/mol. The number of hydrogen-bond acceptors (Lipinski definition) is 5. The number of nitrogens with one attached hydrogen (secondary N) is 2. The fourth-order valence-corrected chi connectivity index (χ4v) is 3.02. The Bertz CT molecular complexity index is 648. The van der Waals surface area contributed by atoms with Gasteiger partial charge in [-0.05, 0) is 19.8 Å². The van der Waals surface area contributed by atoms with Gasteiger partial charge in [0.25, 0.3) is 0 Å². The maximum Gasteiger partial charge on any atom is 0.320 e. The minimum Gasteiger partial charge on any atom is -0.337 e. The second-order valence-corrected chi connectivity index (χ2v) is 6.22. The van der Waals surface area contributed by atoms with E-state index >= 15 is 0 Å². The third-order valence-corrected chi connectivity index (χ3v) is 4.24. The van der Waals surface area contributed by atoms with Gasteiger partial charge in [-0.15, -0.1) is 21.5 Å². The van der Waals surface area contributed by atoms with Gasteiger partial charge in [0.15, 0.2) is 0 Å². The molecule has 0 aliphatic rings. The number of anilines is 1. The molecule has 2 aromatic rings. The molecular formula is C14H22N6OS. The average Bonchev–Trinajstić information content (AvgIpc) is 3.03. The van der Waals surface area contributed by atoms with Gasteiger partial charge in [0, 0.05) is 25.6 Å². The maximum absolute atomic E-state index is 12.0. The van der Waals surface area contributed by atoms with Gasteiger partial charge in [0.1, 0.15) is 15.8 Å². The van der Waals surface area contributed by atoms with E-state index in [2.05, 4.69) is 39.8 Å². The van der Waals surface area contributed by atoms with E-state index in [1.165, 1.54) is 0 Å². The van der Waals surface area contributed by atoms with E-state index in [9.17, 15) is 4.79 Å². The molecule has 0 spiro atoms. The Labute approximate surface area is 134 Å². The lowest BCUT2D eigenvalue weighted by Crippen LogP contribution is -2.31. The number of hydrogen-bond donors (Lipinski definition) is 2. The van der Waals surface area contributed by atoms with Crippen LogP contribution >= 0.6 is 11.3 Å². The number of nitrogens with zero attached hydrogens (tertiary/aromatic N) is 4. The van der Waals surface area contributed by atoms with Crippen LogP contribution in [0.2, 0.25) is 0 Å². The molecule has 0 unspecified atom stereocenters. The van der Waals surface area contributed by atoms with E-state index in [-0.39, 0.29) is 6.03 Å². The number of carbonyl (C=O) groups is 1. The van der Waals surface area contributed by atoms with Crippen molar-refractivity contribution in [3.63, 3.8) is 0 Å². The van der Waals surface area contributed by atoms with Crippen molar-refractivity contribution < 1.29 is 4.79 Å². The quantitative estimate of drug-likeness (QED) is 0.852. The Kier molecular flexibility index (Phi) is 5.48. The summed E-state index contributed by atoms with van der Waals surface area (Å²) in [7, 11) is 1.85. The molecule has 7 nitrogen and oxygen atoms in total. The minimum atomic E-state index is -0.221. The van der Waals surface area contributed by atoms with Crippen molar-refractivity contribution in [3.8, 4) is 0 Å². The van der Waals surface area contributed by atoms with Crippen molar-refractivity contribution in [2.75, 3.05) is 11.9 Å². The van der Waals surface area contributed by atoms with E-state index in [1.807, 2.05) is 14.0 Å². The molecule has 2 heterocycles. The van der Waals surface area contributed by atoms with Gasteiger partial charge in [-0.2, -0.15) is 5.10 Å². The zero-order valence-electron chi connectivity index (χ0n) is 13.4. The van der Waals surface area contributed by atoms with Gasteiger partial charge in [-0.1, -0.05) is 13.8 Å². The Hall–Kier alpha value is -1.96. The predicted octanol–water partition coefficient (Wildman–Crippen LogP) is 2.07. The van der Waals surface area contributed by atoms with Crippen LogP contribution in [0.5, 0.6) is 0 Å². The van der Waals surface area contributed by atoms with Gasteiger partial charge in [0.2, 0.25) is 0 Å². The molecule has 22 heavy (non-hydrogen) atoms. The maximum atomic E-state index is 12.0. The van der Waals surface area contributed by atoms with Crippen molar-refractivity contribution in [3.05, 3.63) is 21.3 Å². The first-order valence-corrected chi connectivity index (χ1v) is 8.25. The van der Waals surface area contributed by atoms with E-state index < -0.39 is 0 Å². The Balaban J connectivity index is 1.90. The van der Waals surface area contributed by atoms with Crippen molar-refractivity contribution in [1.29, 1.82) is 0 Å². The van der Waals surface area contributed by atoms with Crippen LogP contribution in [0.25, 0.3) is 0 Å². The molecule has 2 aromatic heterocycles. The standard InChI is InChI=1S/C14H22N6OS/c1-5-10-11(6-2)19-20(4)13(10)16-14(21)15-8-7-12-18-17-9(3)22-12/h5-8H2,1-4H3,(H2,15,16,21). The summed E-state index contributed by atoms with van der Waals surface area (Å²) in [5.41, 5.74) is 2.13. The summed E-state index contributed by atoms with van der Waals surface area (Å²) >= 11 is 1.55. The van der Waals surface area contributed by atoms with E-state index in [0.717, 1.165) is 39.9 Å². The third-order valence-electron chi connectivity index (χ3n) is 3.34. The lowest BCUT2D eigenvalue weighted by atomic mass is 10.1. The van der Waals surface area contributed by atoms with Gasteiger partial charge >= 0.3 is 6.03 Å². The summed E-state index contributed by atoms with van der Waals surface area (Å²) in [6, 6.07) is -0.221. The van der Waals surface area contributed by atoms with Crippen LogP contribution in [-0.4, -0.2) is 32.6 Å². The number of rotatable bonds is 6. The lowest BCUT2D eigenvalue weighted by molar-refractivity contribution is 0.252. The monoisotopic (exact) mass is 322 g/mol. The van der Waals surface area contributed by atoms with Gasteiger partial charge in [0.05, 0.1) is 5.69 Å². The van der Waals surface area contributed by atoms with E-state index in [1.54, 1.807) is 16.0 Å². The van der Waals surface area contributed by atoms with Crippen LogP contribution in [-0.2, 0) is 26.3 Å². The van der Waals surface area contributed by atoms with Crippen LogP contribution in [0.3, 0.4) is 0 Å². The molecule has 0 fully saturated rings. The molecule has 0 atom stereocenters. The highest BCUT2D eigenvalue weighted by Crippen LogP contribution is 2.20. The highest BCUT2D eigenvalue weighted by molar-refractivity contribution is 7.11. The topological polar surface area (TPSA) is 84.7 Å². The second-order valence-electron chi connectivity index (χ2n) is 4.95. The average molecular weight is 322 g/mol. The van der Waals surface area contributed by atoms with E-state index in [4.69, 9.17) is 0 Å². The fourth-order valence-electron chi connectivity index (χ4n) is 2.31. The number of aryl methyl sites for hydroxylation is 3. The van der Waals surface area contributed by atoms with Gasteiger partial charge in [-0.3, -0.25) is 10.00 Å². The highest BCUT2D eigenvalue weighted by atomic mass is 32.1. The smallest absolute Gasteiger partial charge is 0.320 e. The lowest BCUT2D eigenvalue weighted by Gasteiger charge is -2.09. The molecule has 0 aliphatic heterocycles. The Morgan fingerprint density at radius 2 is 2.05 bits per heavy atom. The molecule has 2 rings (SSSR count). The third kappa shape index (κ3) is 3.82. The first kappa shape index (κ1) is 16.4. The number of amides is 2. The van der Waals surface area contributed by atoms with Crippen molar-refractivity contribution in [1.82, 2.24) is 25.3 Å². The SMILES string of the molecule is CCc1nn(C)c(NC(=O)NCCc2nnc(C)s2)c1CC. The summed E-state index contributed by atoms with van der Waals surface area (Å²) in [6.45, 7) is 6.58. The number of aromatic nitrogens is 4. The van der Waals surface area contributed by atoms with Crippen LogP contribution in [0, 0.1) is 6.92 Å². The van der Waals surface area contributed by atoms with Crippen LogP contribution in [0.4, 0.5) is 10.6 Å². The summed E-state index contributed by atoms with van der Waals surface area (Å²) in [6.07, 6.45) is 2.39. The largest absolute Gasteiger partial charge is 0.337 e. The number of carbonyl (C=O) groups excluding carboxylic acids is 1. The number of urea groups is 1. The summed E-state index contributed by atoms with van der Waals surface area (Å²) in [5, 5.41) is 20.0. The van der Waals surface area contributed by atoms with Crippen molar-refractivity contribution >= 4 is 23.2 Å².